The van der Waals surface area contributed by atoms with Gasteiger partial charge >= 0.3 is 0 Å². The molecule has 0 aliphatic heterocycles. The van der Waals surface area contributed by atoms with E-state index in [1.807, 2.05) is 0 Å². The van der Waals surface area contributed by atoms with Gasteiger partial charge in [-0.15, -0.1) is 0 Å². The molecule has 1 heterocycles. The fourth-order valence-electron chi connectivity index (χ4n) is 1.82. The molecule has 0 aliphatic carbocycles. The Balaban J connectivity index is 2.47. The largest absolute Gasteiger partial charge is 0.466 e. The molecule has 1 aromatic carbocycles. The Hall–Kier alpha value is -1.68. The first-order chi connectivity index (χ1) is 8.00. The van der Waals surface area contributed by atoms with Crippen molar-refractivity contribution in [1.29, 1.82) is 0 Å². The summed E-state index contributed by atoms with van der Waals surface area (Å²) in [5.41, 5.74) is 0.362. The third kappa shape index (κ3) is 2.08. The Morgan fingerprint density at radius 3 is 2.47 bits per heavy atom. The molecule has 4 heteroatoms. The second-order valence-electron chi connectivity index (χ2n) is 3.91. The van der Waals surface area contributed by atoms with E-state index < -0.39 is 17.7 Å². The van der Waals surface area contributed by atoms with Crippen molar-refractivity contribution in [3.63, 3.8) is 0 Å². The monoisotopic (exact) mass is 238 g/mol. The van der Waals surface area contributed by atoms with Gasteiger partial charge in [-0.25, -0.2) is 8.78 Å². The molecule has 17 heavy (non-hydrogen) atoms. The van der Waals surface area contributed by atoms with Crippen LogP contribution in [0, 0.1) is 25.5 Å². The predicted octanol–water partition coefficient (Wildman–Crippen LogP) is 3.26. The average molecular weight is 238 g/mol. The molecule has 1 N–H and O–H groups in total. The minimum Gasteiger partial charge on any atom is -0.466 e. The van der Waals surface area contributed by atoms with Gasteiger partial charge in [0, 0.05) is 11.1 Å². The maximum atomic E-state index is 13.5. The molecule has 0 aliphatic rings. The Kier molecular flexibility index (Phi) is 2.98. The molecular formula is C13H12F2O2. The van der Waals surface area contributed by atoms with Gasteiger partial charge in [0.15, 0.2) is 11.6 Å². The first kappa shape index (κ1) is 11.8. The van der Waals surface area contributed by atoms with E-state index in [0.29, 0.717) is 17.1 Å². The number of hydrogen-bond donors (Lipinski definition) is 1. The van der Waals surface area contributed by atoms with Crippen LogP contribution in [-0.4, -0.2) is 5.11 Å². The summed E-state index contributed by atoms with van der Waals surface area (Å²) in [4.78, 5) is 0. The van der Waals surface area contributed by atoms with Crippen LogP contribution in [0.2, 0.25) is 0 Å². The van der Waals surface area contributed by atoms with E-state index >= 15 is 0 Å². The van der Waals surface area contributed by atoms with Crippen LogP contribution in [0.25, 0.3) is 0 Å². The summed E-state index contributed by atoms with van der Waals surface area (Å²) >= 11 is 0. The van der Waals surface area contributed by atoms with Crippen molar-refractivity contribution in [2.45, 2.75) is 20.0 Å². The minimum absolute atomic E-state index is 0.0890. The van der Waals surface area contributed by atoms with Gasteiger partial charge < -0.3 is 9.52 Å². The highest BCUT2D eigenvalue weighted by Gasteiger charge is 2.21. The molecule has 1 unspecified atom stereocenters. The predicted molar refractivity (Wildman–Crippen MR) is 58.6 cm³/mol. The lowest BCUT2D eigenvalue weighted by atomic mass is 10.0. The van der Waals surface area contributed by atoms with Crippen LogP contribution >= 0.6 is 0 Å². The average Bonchev–Trinajstić information content (AvgIpc) is 2.61. The van der Waals surface area contributed by atoms with E-state index in [-0.39, 0.29) is 5.56 Å². The van der Waals surface area contributed by atoms with E-state index in [4.69, 9.17) is 4.42 Å². The van der Waals surface area contributed by atoms with E-state index in [1.165, 1.54) is 12.1 Å². The van der Waals surface area contributed by atoms with Crippen molar-refractivity contribution in [1.82, 2.24) is 0 Å². The number of aliphatic hydroxyl groups is 1. The number of benzene rings is 1. The van der Waals surface area contributed by atoms with Gasteiger partial charge in [-0.3, -0.25) is 0 Å². The highest BCUT2D eigenvalue weighted by atomic mass is 19.2. The number of aryl methyl sites for hydroxylation is 2. The summed E-state index contributed by atoms with van der Waals surface area (Å²) in [6, 6.07) is 5.34. The molecule has 2 nitrogen and oxygen atoms in total. The van der Waals surface area contributed by atoms with E-state index in [9.17, 15) is 13.9 Å². The standard InChI is InChI=1S/C13H12F2O2/c1-7-6-10(8(2)17-7)13(16)9-4-3-5-11(14)12(9)15/h3-6,13,16H,1-2H3. The summed E-state index contributed by atoms with van der Waals surface area (Å²) in [6.07, 6.45) is -1.22. The van der Waals surface area contributed by atoms with Crippen molar-refractivity contribution >= 4 is 0 Å². The maximum absolute atomic E-state index is 13.5. The van der Waals surface area contributed by atoms with E-state index in [2.05, 4.69) is 0 Å². The van der Waals surface area contributed by atoms with Gasteiger partial charge in [0.25, 0.3) is 0 Å². The van der Waals surface area contributed by atoms with Crippen molar-refractivity contribution in [3.8, 4) is 0 Å². The Bertz CT molecular complexity index is 546. The molecule has 1 aromatic heterocycles. The minimum atomic E-state index is -1.22. The molecule has 0 saturated heterocycles. The van der Waals surface area contributed by atoms with Crippen LogP contribution in [0.1, 0.15) is 28.8 Å². The Morgan fingerprint density at radius 2 is 1.88 bits per heavy atom. The Morgan fingerprint density at radius 1 is 1.18 bits per heavy atom. The molecule has 0 bridgehead atoms. The number of rotatable bonds is 2. The summed E-state index contributed by atoms with van der Waals surface area (Å²) in [7, 11) is 0. The molecule has 0 amide bonds. The molecule has 0 saturated carbocycles. The van der Waals surface area contributed by atoms with Gasteiger partial charge in [-0.2, -0.15) is 0 Å². The molecule has 1 atom stereocenters. The summed E-state index contributed by atoms with van der Waals surface area (Å²) < 4.78 is 31.8. The third-order valence-electron chi connectivity index (χ3n) is 2.65. The normalized spacial score (nSPS) is 12.8. The number of halogens is 2. The summed E-state index contributed by atoms with van der Waals surface area (Å²) in [5.74, 6) is -0.885. The fourth-order valence-corrected chi connectivity index (χ4v) is 1.82. The second kappa shape index (κ2) is 4.30. The summed E-state index contributed by atoms with van der Waals surface area (Å²) in [5, 5.41) is 10.0. The zero-order valence-corrected chi connectivity index (χ0v) is 9.50. The van der Waals surface area contributed by atoms with E-state index in [1.54, 1.807) is 19.9 Å². The zero-order valence-electron chi connectivity index (χ0n) is 9.50. The molecule has 2 aromatic rings. The van der Waals surface area contributed by atoms with Crippen LogP contribution in [0.3, 0.4) is 0 Å². The number of aliphatic hydroxyl groups excluding tert-OH is 1. The highest BCUT2D eigenvalue weighted by Crippen LogP contribution is 2.29. The van der Waals surface area contributed by atoms with Crippen LogP contribution in [0.4, 0.5) is 8.78 Å². The molecule has 2 rings (SSSR count). The molecule has 90 valence electrons. The van der Waals surface area contributed by atoms with Crippen LogP contribution in [-0.2, 0) is 0 Å². The lowest BCUT2D eigenvalue weighted by Crippen LogP contribution is -2.04. The number of hydrogen-bond acceptors (Lipinski definition) is 2. The van der Waals surface area contributed by atoms with Crippen LogP contribution < -0.4 is 0 Å². The van der Waals surface area contributed by atoms with Gasteiger partial charge in [0.05, 0.1) is 0 Å². The van der Waals surface area contributed by atoms with Gasteiger partial charge in [-0.05, 0) is 26.0 Å². The van der Waals surface area contributed by atoms with Gasteiger partial charge in [-0.1, -0.05) is 12.1 Å². The lowest BCUT2D eigenvalue weighted by Gasteiger charge is -2.11. The fraction of sp³-hybridized carbons (Fsp3) is 0.231. The summed E-state index contributed by atoms with van der Waals surface area (Å²) in [6.45, 7) is 3.40. The van der Waals surface area contributed by atoms with E-state index in [0.717, 1.165) is 6.07 Å². The van der Waals surface area contributed by atoms with Crippen molar-refractivity contribution in [2.75, 3.05) is 0 Å². The quantitative estimate of drug-likeness (QED) is 0.871. The van der Waals surface area contributed by atoms with Crippen molar-refractivity contribution in [2.24, 2.45) is 0 Å². The van der Waals surface area contributed by atoms with Crippen LogP contribution in [0.5, 0.6) is 0 Å². The maximum Gasteiger partial charge on any atom is 0.164 e. The molecule has 0 fully saturated rings. The van der Waals surface area contributed by atoms with Crippen LogP contribution in [0.15, 0.2) is 28.7 Å². The zero-order chi connectivity index (χ0) is 12.6. The first-order valence-corrected chi connectivity index (χ1v) is 5.19. The SMILES string of the molecule is Cc1cc(C(O)c2cccc(F)c2F)c(C)o1. The number of furan rings is 1. The smallest absolute Gasteiger partial charge is 0.164 e. The van der Waals surface area contributed by atoms with Gasteiger partial charge in [0.1, 0.15) is 17.6 Å². The Labute approximate surface area is 97.5 Å². The molecule has 0 radical (unpaired) electrons. The molecular weight excluding hydrogens is 226 g/mol. The third-order valence-corrected chi connectivity index (χ3v) is 2.65. The van der Waals surface area contributed by atoms with Crippen molar-refractivity contribution in [3.05, 3.63) is 58.5 Å². The van der Waals surface area contributed by atoms with Gasteiger partial charge in [0.2, 0.25) is 0 Å². The topological polar surface area (TPSA) is 33.4 Å². The lowest BCUT2D eigenvalue weighted by molar-refractivity contribution is 0.211. The first-order valence-electron chi connectivity index (χ1n) is 5.19. The highest BCUT2D eigenvalue weighted by molar-refractivity contribution is 5.33. The molecule has 0 spiro atoms. The second-order valence-corrected chi connectivity index (χ2v) is 3.91. The van der Waals surface area contributed by atoms with Crippen molar-refractivity contribution < 1.29 is 18.3 Å².